The first-order valence-electron chi connectivity index (χ1n) is 26.2. The van der Waals surface area contributed by atoms with E-state index in [1.165, 1.54) is 0 Å². The minimum atomic E-state index is -0.927. The van der Waals surface area contributed by atoms with Crippen LogP contribution in [0.1, 0.15) is 173 Å². The highest BCUT2D eigenvalue weighted by atomic mass is 16.8. The zero-order valence-electron chi connectivity index (χ0n) is 45.4. The van der Waals surface area contributed by atoms with E-state index in [0.717, 1.165) is 64.2 Å². The molecule has 18 heteroatoms. The molecule has 410 valence electrons. The fraction of sp³-hybridized carbons (Fsp3) is 0.818. The lowest BCUT2D eigenvalue weighted by Crippen LogP contribution is -2.61. The first-order chi connectivity index (χ1) is 33.6. The molecule has 18 nitrogen and oxygen atoms in total. The quantitative estimate of drug-likeness (QED) is 0.0848. The van der Waals surface area contributed by atoms with Crippen LogP contribution < -0.4 is 0 Å². The topological polar surface area (TPSA) is 213 Å². The maximum atomic E-state index is 12.9. The molecule has 10 rings (SSSR count). The highest BCUT2D eigenvalue weighted by Crippen LogP contribution is 2.63. The molecule has 8 atom stereocenters. The van der Waals surface area contributed by atoms with Crippen LogP contribution in [0.2, 0.25) is 0 Å². The van der Waals surface area contributed by atoms with E-state index in [1.54, 1.807) is 83.1 Å². The van der Waals surface area contributed by atoms with Crippen LogP contribution in [-0.2, 0) is 76.0 Å². The Morgan fingerprint density at radius 3 is 1.23 bits per heavy atom. The Morgan fingerprint density at radius 1 is 0.493 bits per heavy atom. The van der Waals surface area contributed by atoms with Gasteiger partial charge in [0.05, 0.1) is 19.4 Å². The second-order valence-corrected chi connectivity index (χ2v) is 25.8. The normalized spacial score (nSPS) is 35.9. The minimum Gasteiger partial charge on any atom is -0.462 e. The van der Waals surface area contributed by atoms with Gasteiger partial charge in [-0.2, -0.15) is 0 Å². The summed E-state index contributed by atoms with van der Waals surface area (Å²) in [6.45, 7) is 28.5. The third-order valence-corrected chi connectivity index (χ3v) is 15.1. The van der Waals surface area contributed by atoms with E-state index in [4.69, 9.17) is 56.8 Å². The summed E-state index contributed by atoms with van der Waals surface area (Å²) in [6, 6.07) is 0. The zero-order valence-corrected chi connectivity index (χ0v) is 45.4. The lowest BCUT2D eigenvalue weighted by atomic mass is 9.48. The number of hydrogen-bond donors (Lipinski definition) is 0. The Hall–Kier alpha value is -4.26. The largest absolute Gasteiger partial charge is 0.508 e. The molecule has 2 saturated heterocycles. The predicted molar refractivity (Wildman–Crippen MR) is 260 cm³/mol. The van der Waals surface area contributed by atoms with Crippen LogP contribution in [0.3, 0.4) is 0 Å². The highest BCUT2D eigenvalue weighted by Gasteiger charge is 2.63. The van der Waals surface area contributed by atoms with Gasteiger partial charge in [-0.3, -0.25) is 9.59 Å². The number of carbonyl (C=O) groups excluding carboxylic acids is 6. The van der Waals surface area contributed by atoms with E-state index in [2.05, 4.69) is 13.2 Å². The number of esters is 4. The van der Waals surface area contributed by atoms with Crippen molar-refractivity contribution < 1.29 is 85.6 Å². The molecule has 0 amide bonds. The van der Waals surface area contributed by atoms with Crippen LogP contribution in [0.5, 0.6) is 0 Å². The van der Waals surface area contributed by atoms with Crippen molar-refractivity contribution in [2.24, 2.45) is 29.1 Å². The molecule has 0 aromatic rings. The highest BCUT2D eigenvalue weighted by molar-refractivity contribution is 5.87. The Bertz CT molecular complexity index is 2120. The van der Waals surface area contributed by atoms with E-state index in [1.807, 2.05) is 0 Å². The average Bonchev–Trinajstić information content (AvgIpc) is 3.66. The zero-order chi connectivity index (χ0) is 53.7. The number of ether oxygens (including phenoxy) is 12. The van der Waals surface area contributed by atoms with Crippen LogP contribution in [0, 0.1) is 29.1 Å². The van der Waals surface area contributed by atoms with E-state index >= 15 is 0 Å². The molecule has 10 aliphatic rings. The molecule has 0 aromatic carbocycles. The first-order valence-corrected chi connectivity index (χ1v) is 26.2. The molecule has 0 N–H and O–H groups in total. The molecule has 0 radical (unpaired) electrons. The summed E-state index contributed by atoms with van der Waals surface area (Å²) in [7, 11) is 0. The monoisotopic (exact) mass is 1030 g/mol. The van der Waals surface area contributed by atoms with Crippen LogP contribution in [0.15, 0.2) is 24.3 Å². The summed E-state index contributed by atoms with van der Waals surface area (Å²) in [6.07, 6.45) is 5.84. The Morgan fingerprint density at radius 2 is 0.849 bits per heavy atom. The molecule has 10 fully saturated rings. The van der Waals surface area contributed by atoms with Crippen LogP contribution in [0.25, 0.3) is 0 Å². The average molecular weight is 1030 g/mol. The van der Waals surface area contributed by atoms with Crippen LogP contribution in [-0.4, -0.2) is 120 Å². The van der Waals surface area contributed by atoms with Gasteiger partial charge >= 0.3 is 36.2 Å². The van der Waals surface area contributed by atoms with Gasteiger partial charge in [0, 0.05) is 23.0 Å². The molecular formula is C55H82O18. The summed E-state index contributed by atoms with van der Waals surface area (Å²) < 4.78 is 68.8. The van der Waals surface area contributed by atoms with Gasteiger partial charge in [-0.25, -0.2) is 19.2 Å². The Labute approximate surface area is 430 Å². The van der Waals surface area contributed by atoms with E-state index in [-0.39, 0.29) is 37.4 Å². The second-order valence-electron chi connectivity index (χ2n) is 25.8. The van der Waals surface area contributed by atoms with Crippen LogP contribution >= 0.6 is 0 Å². The van der Waals surface area contributed by atoms with Crippen LogP contribution in [0.4, 0.5) is 9.59 Å². The van der Waals surface area contributed by atoms with Gasteiger partial charge in [0.25, 0.3) is 0 Å². The summed E-state index contributed by atoms with van der Waals surface area (Å²) >= 11 is 0. The molecule has 2 heterocycles. The van der Waals surface area contributed by atoms with E-state index in [9.17, 15) is 28.8 Å². The summed E-state index contributed by atoms with van der Waals surface area (Å²) in [5.41, 5.74) is -2.60. The Balaban J connectivity index is 0.000000214. The molecule has 0 aromatic heterocycles. The summed E-state index contributed by atoms with van der Waals surface area (Å²) in [5, 5.41) is 0. The third-order valence-electron chi connectivity index (χ3n) is 15.1. The SMILES string of the molecule is C=C(C)C(=O)OC12CC3CC(CC(OC(=O)OCC4OC(C)(C)OC4CC(=O)OC(C)(C)C)(C3)C1)C2.C=C(C)C(=O)OCC12CC3CC(C1)CC(OC(=O)OCC1OC(C)(C)OC1CC(=O)OC(C)(C)C)(C3)C2. The van der Waals surface area contributed by atoms with Crippen molar-refractivity contribution >= 4 is 36.2 Å². The summed E-state index contributed by atoms with van der Waals surface area (Å²) in [5.74, 6) is -1.90. The maximum Gasteiger partial charge on any atom is 0.508 e. The smallest absolute Gasteiger partial charge is 0.462 e. The molecule has 0 spiro atoms. The van der Waals surface area contributed by atoms with Crippen molar-refractivity contribution in [3.63, 3.8) is 0 Å². The van der Waals surface area contributed by atoms with Gasteiger partial charge in [-0.15, -0.1) is 0 Å². The molecular weight excluding hydrogens is 949 g/mol. The van der Waals surface area contributed by atoms with Gasteiger partial charge in [0.1, 0.15) is 65.6 Å². The standard InChI is InChI=1S/C28H42O9.C27H40O9/c1-17(2)23(30)33-16-27-10-18-8-19(11-27)13-28(12-18,15-27)37-24(31)32-14-21-20(34-26(6,7)35-21)9-22(29)36-25(3,4)5;1-16(2)22(29)35-26-10-17-8-18(11-26)13-27(12-17,15-26)36-23(30)31-14-20-19(32-25(6,7)33-20)9-21(28)34-24(3,4)5/h18-21H,1,8-16H2,2-7H3;17-20H,1,8-15H2,2-7H3. The van der Waals surface area contributed by atoms with Crippen molar-refractivity contribution in [1.82, 2.24) is 0 Å². The van der Waals surface area contributed by atoms with Crippen molar-refractivity contribution in [2.75, 3.05) is 19.8 Å². The second kappa shape index (κ2) is 20.7. The van der Waals surface area contributed by atoms with Gasteiger partial charge in [-0.05, 0) is 177 Å². The molecule has 2 aliphatic heterocycles. The lowest BCUT2D eigenvalue weighted by Gasteiger charge is -2.60. The fourth-order valence-electron chi connectivity index (χ4n) is 13.9. The summed E-state index contributed by atoms with van der Waals surface area (Å²) in [4.78, 5) is 74.8. The predicted octanol–water partition coefficient (Wildman–Crippen LogP) is 9.45. The molecule has 8 aliphatic carbocycles. The van der Waals surface area contributed by atoms with E-state index < -0.39 is 94.2 Å². The molecule has 8 saturated carbocycles. The van der Waals surface area contributed by atoms with Crippen molar-refractivity contribution in [3.8, 4) is 0 Å². The van der Waals surface area contributed by atoms with Crippen molar-refractivity contribution in [3.05, 3.63) is 24.3 Å². The van der Waals surface area contributed by atoms with Gasteiger partial charge in [-0.1, -0.05) is 13.2 Å². The van der Waals surface area contributed by atoms with Crippen molar-refractivity contribution in [2.45, 2.75) is 237 Å². The van der Waals surface area contributed by atoms with Gasteiger partial charge in [0.15, 0.2) is 11.6 Å². The number of hydrogen-bond acceptors (Lipinski definition) is 18. The van der Waals surface area contributed by atoms with E-state index in [0.29, 0.717) is 54.3 Å². The van der Waals surface area contributed by atoms with Gasteiger partial charge in [0.2, 0.25) is 0 Å². The van der Waals surface area contributed by atoms with Crippen molar-refractivity contribution in [1.29, 1.82) is 0 Å². The Kier molecular flexibility index (Phi) is 16.0. The molecule has 8 unspecified atom stereocenters. The lowest BCUT2D eigenvalue weighted by molar-refractivity contribution is -0.221. The number of rotatable bonds is 15. The fourth-order valence-corrected chi connectivity index (χ4v) is 13.9. The molecule has 8 bridgehead atoms. The first kappa shape index (κ1) is 56.5. The molecule has 73 heavy (non-hydrogen) atoms. The third kappa shape index (κ3) is 14.8. The van der Waals surface area contributed by atoms with Gasteiger partial charge < -0.3 is 56.8 Å². The minimum absolute atomic E-state index is 0.0114. The number of carbonyl (C=O) groups is 6. The maximum absolute atomic E-state index is 12.9.